The van der Waals surface area contributed by atoms with E-state index in [-0.39, 0.29) is 11.6 Å². The van der Waals surface area contributed by atoms with Gasteiger partial charge in [-0.25, -0.2) is 9.97 Å². The van der Waals surface area contributed by atoms with Gasteiger partial charge in [-0.3, -0.25) is 4.79 Å². The van der Waals surface area contributed by atoms with E-state index in [2.05, 4.69) is 15.3 Å². The Morgan fingerprint density at radius 2 is 1.48 bits per heavy atom. The Labute approximate surface area is 181 Å². The first-order chi connectivity index (χ1) is 14.9. The second kappa shape index (κ2) is 9.51. The van der Waals surface area contributed by atoms with Gasteiger partial charge in [0.15, 0.2) is 17.2 Å². The number of carbonyl (C=O) groups is 1. The molecular weight excluding hydrogens is 398 g/mol. The Kier molecular flexibility index (Phi) is 6.79. The first-order valence-corrected chi connectivity index (χ1v) is 9.94. The van der Waals surface area contributed by atoms with Crippen LogP contribution in [0.2, 0.25) is 0 Å². The number of methoxy groups -OCH3 is 3. The summed E-state index contributed by atoms with van der Waals surface area (Å²) >= 11 is 0. The van der Waals surface area contributed by atoms with E-state index in [1.54, 1.807) is 12.1 Å². The average Bonchev–Trinajstić information content (AvgIpc) is 2.77. The average molecular weight is 425 g/mol. The number of carbonyl (C=O) groups excluding carboxylic acids is 1. The molecule has 0 saturated carbocycles. The molecule has 3 rings (SSSR count). The number of hydrogen-bond acceptors (Lipinski definition) is 7. The first kappa shape index (κ1) is 22.1. The summed E-state index contributed by atoms with van der Waals surface area (Å²) in [6.45, 7) is 6.41. The lowest BCUT2D eigenvalue weighted by Gasteiger charge is -2.15. The van der Waals surface area contributed by atoms with Crippen molar-refractivity contribution >= 4 is 22.6 Å². The van der Waals surface area contributed by atoms with Gasteiger partial charge in [-0.15, -0.1) is 0 Å². The molecule has 1 amide bonds. The molecule has 0 saturated heterocycles. The van der Waals surface area contributed by atoms with Crippen LogP contribution in [0.15, 0.2) is 24.3 Å². The number of nitrogens with zero attached hydrogens (tertiary/aromatic N) is 2. The largest absolute Gasteiger partial charge is 0.493 e. The molecule has 31 heavy (non-hydrogen) atoms. The van der Waals surface area contributed by atoms with Gasteiger partial charge in [0.1, 0.15) is 0 Å². The van der Waals surface area contributed by atoms with Crippen molar-refractivity contribution in [1.82, 2.24) is 9.97 Å². The molecular formula is C23H27N3O5. The predicted molar refractivity (Wildman–Crippen MR) is 119 cm³/mol. The Morgan fingerprint density at radius 3 is 2.00 bits per heavy atom. The number of aromatic nitrogens is 2. The number of nitrogens with one attached hydrogen (secondary N) is 1. The number of benzene rings is 2. The quantitative estimate of drug-likeness (QED) is 0.575. The van der Waals surface area contributed by atoms with Gasteiger partial charge in [-0.2, -0.15) is 0 Å². The number of hydrogen-bond donors (Lipinski definition) is 1. The number of rotatable bonds is 8. The molecule has 8 nitrogen and oxygen atoms in total. The Hall–Kier alpha value is -3.55. The van der Waals surface area contributed by atoms with Crippen LogP contribution in [0.5, 0.6) is 23.1 Å². The van der Waals surface area contributed by atoms with Crippen molar-refractivity contribution in [3.8, 4) is 23.1 Å². The molecule has 1 aromatic heterocycles. The zero-order valence-corrected chi connectivity index (χ0v) is 18.7. The highest BCUT2D eigenvalue weighted by atomic mass is 16.5. The van der Waals surface area contributed by atoms with Gasteiger partial charge < -0.3 is 24.3 Å². The van der Waals surface area contributed by atoms with Crippen LogP contribution < -0.4 is 24.3 Å². The molecule has 0 aliphatic carbocycles. The van der Waals surface area contributed by atoms with Crippen molar-refractivity contribution in [2.45, 2.75) is 27.2 Å². The molecule has 0 aliphatic heterocycles. The maximum atomic E-state index is 13.1. The number of ether oxygens (including phenoxy) is 4. The maximum absolute atomic E-state index is 13.1. The molecule has 0 bridgehead atoms. The van der Waals surface area contributed by atoms with Crippen LogP contribution >= 0.6 is 0 Å². The van der Waals surface area contributed by atoms with Crippen LogP contribution in [0.3, 0.4) is 0 Å². The molecule has 0 unspecified atom stereocenters. The van der Waals surface area contributed by atoms with Crippen LogP contribution in [0.1, 0.15) is 35.0 Å². The Morgan fingerprint density at radius 1 is 0.903 bits per heavy atom. The normalized spacial score (nSPS) is 10.6. The number of amides is 1. The zero-order chi connectivity index (χ0) is 22.5. The third kappa shape index (κ3) is 4.63. The van der Waals surface area contributed by atoms with Gasteiger partial charge in [0.05, 0.1) is 39.0 Å². The summed E-state index contributed by atoms with van der Waals surface area (Å²) in [5, 5.41) is 2.83. The summed E-state index contributed by atoms with van der Waals surface area (Å²) in [6.07, 6.45) is 0.778. The molecule has 0 radical (unpaired) electrons. The molecule has 0 fully saturated rings. The fraction of sp³-hybridized carbons (Fsp3) is 0.348. The van der Waals surface area contributed by atoms with Crippen LogP contribution in [0.25, 0.3) is 11.0 Å². The Balaban J connectivity index is 2.03. The second-order valence-electron chi connectivity index (χ2n) is 7.02. The number of fused-ring (bicyclic) bond motifs is 1. The van der Waals surface area contributed by atoms with Gasteiger partial charge in [0.25, 0.3) is 5.91 Å². The second-order valence-corrected chi connectivity index (χ2v) is 7.02. The predicted octanol–water partition coefficient (Wildman–Crippen LogP) is 4.31. The SMILES string of the molecule is CCCOc1nc2cc(C)c(C)cc2nc1C(=O)Nc1cc(OC)c(OC)c(OC)c1. The lowest BCUT2D eigenvalue weighted by Crippen LogP contribution is -2.17. The summed E-state index contributed by atoms with van der Waals surface area (Å²) in [4.78, 5) is 22.3. The fourth-order valence-corrected chi connectivity index (χ4v) is 3.09. The topological polar surface area (TPSA) is 91.8 Å². The van der Waals surface area contributed by atoms with Crippen LogP contribution in [0.4, 0.5) is 5.69 Å². The van der Waals surface area contributed by atoms with Crippen molar-refractivity contribution in [2.24, 2.45) is 0 Å². The minimum atomic E-state index is -0.451. The van der Waals surface area contributed by atoms with E-state index in [9.17, 15) is 4.79 Å². The fourth-order valence-electron chi connectivity index (χ4n) is 3.09. The van der Waals surface area contributed by atoms with E-state index in [4.69, 9.17) is 18.9 Å². The summed E-state index contributed by atoms with van der Waals surface area (Å²) < 4.78 is 21.8. The van der Waals surface area contributed by atoms with Gasteiger partial charge in [0.2, 0.25) is 11.6 Å². The van der Waals surface area contributed by atoms with Crippen LogP contribution in [0, 0.1) is 13.8 Å². The molecule has 0 spiro atoms. The number of aryl methyl sites for hydroxylation is 2. The summed E-state index contributed by atoms with van der Waals surface area (Å²) in [5.41, 5.74) is 4.04. The lowest BCUT2D eigenvalue weighted by molar-refractivity contribution is 0.101. The highest BCUT2D eigenvalue weighted by Crippen LogP contribution is 2.40. The highest BCUT2D eigenvalue weighted by Gasteiger charge is 2.21. The van der Waals surface area contributed by atoms with Crippen LogP contribution in [-0.2, 0) is 0 Å². The smallest absolute Gasteiger partial charge is 0.279 e. The standard InChI is InChI=1S/C23H27N3O5/c1-7-8-31-23-20(25-16-9-13(2)14(3)10-17(16)26-23)22(27)24-15-11-18(28-4)21(30-6)19(12-15)29-5/h9-12H,7-8H2,1-6H3,(H,24,27). The highest BCUT2D eigenvalue weighted by molar-refractivity contribution is 6.05. The molecule has 0 aliphatic rings. The summed E-state index contributed by atoms with van der Waals surface area (Å²) in [6, 6.07) is 7.15. The van der Waals surface area contributed by atoms with Crippen molar-refractivity contribution in [1.29, 1.82) is 0 Å². The third-order valence-electron chi connectivity index (χ3n) is 4.83. The van der Waals surface area contributed by atoms with Crippen LogP contribution in [-0.4, -0.2) is 43.8 Å². The van der Waals surface area contributed by atoms with E-state index in [1.165, 1.54) is 21.3 Å². The van der Waals surface area contributed by atoms with E-state index in [0.29, 0.717) is 40.6 Å². The molecule has 1 heterocycles. The van der Waals surface area contributed by atoms with E-state index < -0.39 is 5.91 Å². The van der Waals surface area contributed by atoms with Crippen molar-refractivity contribution in [3.05, 3.63) is 41.1 Å². The van der Waals surface area contributed by atoms with E-state index >= 15 is 0 Å². The van der Waals surface area contributed by atoms with Crippen molar-refractivity contribution in [2.75, 3.05) is 33.3 Å². The number of anilines is 1. The molecule has 1 N–H and O–H groups in total. The third-order valence-corrected chi connectivity index (χ3v) is 4.83. The van der Waals surface area contributed by atoms with E-state index in [1.807, 2.05) is 32.9 Å². The van der Waals surface area contributed by atoms with Crippen molar-refractivity contribution < 1.29 is 23.7 Å². The van der Waals surface area contributed by atoms with Gasteiger partial charge in [-0.1, -0.05) is 6.92 Å². The molecule has 2 aromatic carbocycles. The van der Waals surface area contributed by atoms with E-state index in [0.717, 1.165) is 17.5 Å². The lowest BCUT2D eigenvalue weighted by atomic mass is 10.1. The zero-order valence-electron chi connectivity index (χ0n) is 18.7. The van der Waals surface area contributed by atoms with Gasteiger partial charge in [0, 0.05) is 17.8 Å². The molecule has 0 atom stereocenters. The molecule has 8 heteroatoms. The summed E-state index contributed by atoms with van der Waals surface area (Å²) in [7, 11) is 4.54. The first-order valence-electron chi connectivity index (χ1n) is 9.94. The maximum Gasteiger partial charge on any atom is 0.279 e. The van der Waals surface area contributed by atoms with Gasteiger partial charge >= 0.3 is 0 Å². The monoisotopic (exact) mass is 425 g/mol. The van der Waals surface area contributed by atoms with Gasteiger partial charge in [-0.05, 0) is 43.5 Å². The minimum absolute atomic E-state index is 0.109. The molecule has 164 valence electrons. The summed E-state index contributed by atoms with van der Waals surface area (Å²) in [5.74, 6) is 1.03. The molecule has 3 aromatic rings. The Bertz CT molecular complexity index is 1090. The van der Waals surface area contributed by atoms with Crippen molar-refractivity contribution in [3.63, 3.8) is 0 Å². The minimum Gasteiger partial charge on any atom is -0.493 e.